The smallest absolute Gasteiger partial charge is 0.273 e. The van der Waals surface area contributed by atoms with Crippen LogP contribution in [0.25, 0.3) is 0 Å². The normalized spacial score (nSPS) is 10.3. The monoisotopic (exact) mass is 447 g/mol. The number of rotatable bonds is 10. The standard InChI is InChI=1S/C22H26ClN3O5/c1-3-30-13-14-31-19-10-5-4-7-16(19)22(29)26-25-21(28)12-11-20(27)24-18-9-6-8-17(23)15(18)2/h4-10H,3,11-14H2,1-2H3,(H,24,27)(H,25,28)(H,26,29). The highest BCUT2D eigenvalue weighted by atomic mass is 35.5. The fourth-order valence-corrected chi connectivity index (χ4v) is 2.75. The second-order valence-corrected chi connectivity index (χ2v) is 6.91. The maximum absolute atomic E-state index is 12.4. The highest BCUT2D eigenvalue weighted by Crippen LogP contribution is 2.23. The van der Waals surface area contributed by atoms with Gasteiger partial charge in [-0.1, -0.05) is 29.8 Å². The molecule has 9 heteroatoms. The van der Waals surface area contributed by atoms with Crippen LogP contribution in [0.2, 0.25) is 5.02 Å². The lowest BCUT2D eigenvalue weighted by atomic mass is 10.2. The molecule has 0 bridgehead atoms. The number of amides is 3. The molecule has 31 heavy (non-hydrogen) atoms. The molecule has 0 aromatic heterocycles. The fraction of sp³-hybridized carbons (Fsp3) is 0.318. The van der Waals surface area contributed by atoms with Crippen molar-refractivity contribution in [2.75, 3.05) is 25.1 Å². The Morgan fingerprint density at radius 3 is 2.45 bits per heavy atom. The van der Waals surface area contributed by atoms with Gasteiger partial charge in [0.25, 0.3) is 5.91 Å². The van der Waals surface area contributed by atoms with Crippen molar-refractivity contribution in [2.45, 2.75) is 26.7 Å². The second kappa shape index (κ2) is 12.6. The third-order valence-corrected chi connectivity index (χ3v) is 4.67. The van der Waals surface area contributed by atoms with Crippen LogP contribution in [0.3, 0.4) is 0 Å². The largest absolute Gasteiger partial charge is 0.490 e. The first-order valence-corrected chi connectivity index (χ1v) is 10.2. The van der Waals surface area contributed by atoms with E-state index in [2.05, 4.69) is 16.2 Å². The van der Waals surface area contributed by atoms with Gasteiger partial charge in [-0.15, -0.1) is 0 Å². The topological polar surface area (TPSA) is 106 Å². The zero-order valence-electron chi connectivity index (χ0n) is 17.5. The molecule has 0 fully saturated rings. The highest BCUT2D eigenvalue weighted by molar-refractivity contribution is 6.31. The van der Waals surface area contributed by atoms with Crippen molar-refractivity contribution in [1.82, 2.24) is 10.9 Å². The number of hydrogen-bond donors (Lipinski definition) is 3. The summed E-state index contributed by atoms with van der Waals surface area (Å²) in [4.78, 5) is 36.5. The Balaban J connectivity index is 1.79. The van der Waals surface area contributed by atoms with E-state index in [-0.39, 0.29) is 24.3 Å². The summed E-state index contributed by atoms with van der Waals surface area (Å²) in [5, 5.41) is 3.26. The fourth-order valence-electron chi connectivity index (χ4n) is 2.57. The van der Waals surface area contributed by atoms with Crippen molar-refractivity contribution in [3.05, 3.63) is 58.6 Å². The predicted molar refractivity (Wildman–Crippen MR) is 118 cm³/mol. The highest BCUT2D eigenvalue weighted by Gasteiger charge is 2.14. The molecule has 0 saturated heterocycles. The molecular weight excluding hydrogens is 422 g/mol. The van der Waals surface area contributed by atoms with Crippen molar-refractivity contribution in [3.63, 3.8) is 0 Å². The number of benzene rings is 2. The van der Waals surface area contributed by atoms with Gasteiger partial charge in [-0.05, 0) is 43.7 Å². The number of carbonyl (C=O) groups excluding carboxylic acids is 3. The average molecular weight is 448 g/mol. The molecule has 2 aromatic carbocycles. The summed E-state index contributed by atoms with van der Waals surface area (Å²) in [7, 11) is 0. The van der Waals surface area contributed by atoms with E-state index in [1.807, 2.05) is 6.92 Å². The maximum atomic E-state index is 12.4. The van der Waals surface area contributed by atoms with Gasteiger partial charge in [-0.3, -0.25) is 25.2 Å². The Hall–Kier alpha value is -3.10. The molecule has 2 rings (SSSR count). The molecule has 166 valence electrons. The van der Waals surface area contributed by atoms with E-state index in [9.17, 15) is 14.4 Å². The van der Waals surface area contributed by atoms with E-state index in [4.69, 9.17) is 21.1 Å². The van der Waals surface area contributed by atoms with E-state index in [0.717, 1.165) is 5.56 Å². The van der Waals surface area contributed by atoms with Crippen molar-refractivity contribution in [3.8, 4) is 5.75 Å². The van der Waals surface area contributed by atoms with E-state index in [1.165, 1.54) is 0 Å². The molecule has 0 saturated carbocycles. The molecule has 2 aromatic rings. The summed E-state index contributed by atoms with van der Waals surface area (Å²) in [5.74, 6) is -0.981. The summed E-state index contributed by atoms with van der Waals surface area (Å²) in [6, 6.07) is 11.9. The third kappa shape index (κ3) is 7.92. The number of carbonyl (C=O) groups is 3. The minimum Gasteiger partial charge on any atom is -0.490 e. The molecule has 0 aliphatic heterocycles. The van der Waals surface area contributed by atoms with Crippen LogP contribution < -0.4 is 20.9 Å². The number of nitrogens with one attached hydrogen (secondary N) is 3. The molecule has 8 nitrogen and oxygen atoms in total. The van der Waals surface area contributed by atoms with Crippen molar-refractivity contribution in [2.24, 2.45) is 0 Å². The Bertz CT molecular complexity index is 920. The van der Waals surface area contributed by atoms with Gasteiger partial charge in [0.2, 0.25) is 11.8 Å². The number of anilines is 1. The van der Waals surface area contributed by atoms with E-state index >= 15 is 0 Å². The first kappa shape index (κ1) is 24.2. The van der Waals surface area contributed by atoms with Crippen LogP contribution in [0.4, 0.5) is 5.69 Å². The lowest BCUT2D eigenvalue weighted by molar-refractivity contribution is -0.124. The Morgan fingerprint density at radius 2 is 1.68 bits per heavy atom. The first-order chi connectivity index (χ1) is 14.9. The van der Waals surface area contributed by atoms with Gasteiger partial charge in [0.1, 0.15) is 12.4 Å². The SMILES string of the molecule is CCOCCOc1ccccc1C(=O)NNC(=O)CCC(=O)Nc1cccc(Cl)c1C. The van der Waals surface area contributed by atoms with Gasteiger partial charge in [-0.25, -0.2) is 0 Å². The van der Waals surface area contributed by atoms with Crippen LogP contribution in [0.5, 0.6) is 5.75 Å². The van der Waals surface area contributed by atoms with Gasteiger partial charge in [0, 0.05) is 30.2 Å². The zero-order valence-corrected chi connectivity index (χ0v) is 18.3. The van der Waals surface area contributed by atoms with Crippen molar-refractivity contribution < 1.29 is 23.9 Å². The summed E-state index contributed by atoms with van der Waals surface area (Å²) < 4.78 is 10.8. The predicted octanol–water partition coefficient (Wildman–Crippen LogP) is 3.24. The van der Waals surface area contributed by atoms with Crippen LogP contribution in [-0.4, -0.2) is 37.5 Å². The molecule has 0 aliphatic carbocycles. The van der Waals surface area contributed by atoms with Crippen molar-refractivity contribution >= 4 is 35.0 Å². The van der Waals surface area contributed by atoms with Crippen LogP contribution in [0.1, 0.15) is 35.7 Å². The van der Waals surface area contributed by atoms with Crippen LogP contribution >= 0.6 is 11.6 Å². The van der Waals surface area contributed by atoms with E-state index in [1.54, 1.807) is 49.4 Å². The Kier molecular flexibility index (Phi) is 9.80. The summed E-state index contributed by atoms with van der Waals surface area (Å²) in [6.07, 6.45) is -0.150. The lowest BCUT2D eigenvalue weighted by Gasteiger charge is -2.12. The molecule has 3 N–H and O–H groups in total. The van der Waals surface area contributed by atoms with Crippen molar-refractivity contribution in [1.29, 1.82) is 0 Å². The van der Waals surface area contributed by atoms with Crippen LogP contribution in [0, 0.1) is 6.92 Å². The minimum absolute atomic E-state index is 0.0508. The molecule has 0 atom stereocenters. The van der Waals surface area contributed by atoms with Gasteiger partial charge in [0.15, 0.2) is 0 Å². The molecule has 0 aliphatic rings. The van der Waals surface area contributed by atoms with Crippen LogP contribution in [-0.2, 0) is 14.3 Å². The number of hydrazine groups is 1. The summed E-state index contributed by atoms with van der Waals surface area (Å²) >= 11 is 6.03. The second-order valence-electron chi connectivity index (χ2n) is 6.50. The maximum Gasteiger partial charge on any atom is 0.273 e. The molecule has 0 unspecified atom stereocenters. The summed E-state index contributed by atoms with van der Waals surface area (Å²) in [5.41, 5.74) is 6.24. The van der Waals surface area contributed by atoms with Crippen LogP contribution in [0.15, 0.2) is 42.5 Å². The van der Waals surface area contributed by atoms with Gasteiger partial charge < -0.3 is 14.8 Å². The van der Waals surface area contributed by atoms with E-state index in [0.29, 0.717) is 36.3 Å². The molecule has 0 heterocycles. The Labute approximate surface area is 186 Å². The first-order valence-electron chi connectivity index (χ1n) is 9.86. The van der Waals surface area contributed by atoms with Gasteiger partial charge >= 0.3 is 0 Å². The molecule has 0 spiro atoms. The third-order valence-electron chi connectivity index (χ3n) is 4.26. The van der Waals surface area contributed by atoms with E-state index < -0.39 is 11.8 Å². The lowest BCUT2D eigenvalue weighted by Crippen LogP contribution is -2.42. The molecule has 3 amide bonds. The quantitative estimate of drug-likeness (QED) is 0.383. The molecular formula is C22H26ClN3O5. The Morgan fingerprint density at radius 1 is 0.935 bits per heavy atom. The summed E-state index contributed by atoms with van der Waals surface area (Å²) in [6.45, 7) is 4.95. The van der Waals surface area contributed by atoms with Gasteiger partial charge in [-0.2, -0.15) is 0 Å². The number of ether oxygens (including phenoxy) is 2. The number of hydrogen-bond acceptors (Lipinski definition) is 5. The zero-order chi connectivity index (χ0) is 22.6. The molecule has 0 radical (unpaired) electrons. The van der Waals surface area contributed by atoms with Gasteiger partial charge in [0.05, 0.1) is 12.2 Å². The number of para-hydroxylation sites is 1. The number of halogens is 1. The average Bonchev–Trinajstić information content (AvgIpc) is 2.77. The minimum atomic E-state index is -0.528.